The van der Waals surface area contributed by atoms with E-state index in [-0.39, 0.29) is 18.2 Å². The molecule has 1 saturated carbocycles. The maximum Gasteiger partial charge on any atom is 0.433 e. The first-order valence-corrected chi connectivity index (χ1v) is 5.65. The number of rotatable bonds is 5. The summed E-state index contributed by atoms with van der Waals surface area (Å²) in [7, 11) is 0. The number of furan rings is 1. The molecule has 0 bridgehead atoms. The predicted octanol–water partition coefficient (Wildman–Crippen LogP) is 1.08. The number of hydrogen-bond acceptors (Lipinski definition) is 5. The summed E-state index contributed by atoms with van der Waals surface area (Å²) in [5, 5.41) is 22.9. The predicted molar refractivity (Wildman–Crippen MR) is 61.0 cm³/mol. The van der Waals surface area contributed by atoms with Gasteiger partial charge in [0.2, 0.25) is 0 Å². The van der Waals surface area contributed by atoms with Crippen molar-refractivity contribution in [2.24, 2.45) is 5.92 Å². The zero-order valence-electron chi connectivity index (χ0n) is 9.88. The second-order valence-corrected chi connectivity index (χ2v) is 4.71. The van der Waals surface area contributed by atoms with Crippen LogP contribution in [-0.2, 0) is 0 Å². The number of nitrogens with one attached hydrogen (secondary N) is 1. The van der Waals surface area contributed by atoms with Gasteiger partial charge in [0.25, 0.3) is 5.91 Å². The number of amides is 1. The van der Waals surface area contributed by atoms with Crippen molar-refractivity contribution in [3.63, 3.8) is 0 Å². The van der Waals surface area contributed by atoms with Crippen molar-refractivity contribution in [1.82, 2.24) is 5.32 Å². The van der Waals surface area contributed by atoms with Crippen LogP contribution >= 0.6 is 0 Å². The second kappa shape index (κ2) is 4.41. The van der Waals surface area contributed by atoms with Gasteiger partial charge in [-0.15, -0.1) is 0 Å². The number of aliphatic hydroxyl groups is 1. The molecule has 1 aliphatic rings. The highest BCUT2D eigenvalue weighted by atomic mass is 16.6. The molecule has 18 heavy (non-hydrogen) atoms. The summed E-state index contributed by atoms with van der Waals surface area (Å²) in [6.07, 6.45) is 1.91. The summed E-state index contributed by atoms with van der Waals surface area (Å²) >= 11 is 0. The molecule has 0 saturated heterocycles. The molecule has 1 aromatic rings. The van der Waals surface area contributed by atoms with Gasteiger partial charge in [0, 0.05) is 6.54 Å². The third-order valence-electron chi connectivity index (χ3n) is 3.06. The minimum absolute atomic E-state index is 0.102. The van der Waals surface area contributed by atoms with Crippen molar-refractivity contribution >= 4 is 11.8 Å². The summed E-state index contributed by atoms with van der Waals surface area (Å²) in [6, 6.07) is 2.35. The summed E-state index contributed by atoms with van der Waals surface area (Å²) < 4.78 is 4.76. The molecule has 1 unspecified atom stereocenters. The second-order valence-electron chi connectivity index (χ2n) is 4.71. The van der Waals surface area contributed by atoms with Crippen molar-refractivity contribution in [2.75, 3.05) is 6.54 Å². The Bertz CT molecular complexity index is 476. The molecule has 7 nitrogen and oxygen atoms in total. The zero-order chi connectivity index (χ0) is 13.3. The summed E-state index contributed by atoms with van der Waals surface area (Å²) in [5.41, 5.74) is -0.936. The number of carbonyl (C=O) groups is 1. The van der Waals surface area contributed by atoms with E-state index in [0.717, 1.165) is 18.9 Å². The smallest absolute Gasteiger partial charge is 0.395 e. The third-order valence-corrected chi connectivity index (χ3v) is 3.06. The lowest BCUT2D eigenvalue weighted by molar-refractivity contribution is -0.402. The highest BCUT2D eigenvalue weighted by Gasteiger charge is 2.40. The summed E-state index contributed by atoms with van der Waals surface area (Å²) in [4.78, 5) is 21.3. The standard InChI is InChI=1S/C11H14N2O5/c1-11(15,7-2-3-7)6-12-10(14)8-4-5-9(18-8)13(16)17/h4-5,7,15H,2-3,6H2,1H3,(H,12,14). The minimum atomic E-state index is -0.936. The molecule has 0 radical (unpaired) electrons. The van der Waals surface area contributed by atoms with Gasteiger partial charge in [0.05, 0.1) is 11.7 Å². The molecule has 0 aromatic carbocycles. The molecule has 2 rings (SSSR count). The molecule has 7 heteroatoms. The lowest BCUT2D eigenvalue weighted by Crippen LogP contribution is -2.42. The van der Waals surface area contributed by atoms with E-state index in [4.69, 9.17) is 4.42 Å². The van der Waals surface area contributed by atoms with Gasteiger partial charge >= 0.3 is 5.88 Å². The SMILES string of the molecule is CC(O)(CNC(=O)c1ccc([N+](=O)[O-])o1)C1CC1. The fourth-order valence-corrected chi connectivity index (χ4v) is 1.74. The first kappa shape index (κ1) is 12.6. The number of hydrogen-bond donors (Lipinski definition) is 2. The number of carbonyl (C=O) groups excluding carboxylic acids is 1. The Balaban J connectivity index is 1.92. The van der Waals surface area contributed by atoms with Gasteiger partial charge in [-0.2, -0.15) is 0 Å². The first-order chi connectivity index (χ1) is 8.40. The molecule has 0 aliphatic heterocycles. The van der Waals surface area contributed by atoms with Crippen LogP contribution in [0.5, 0.6) is 0 Å². The largest absolute Gasteiger partial charge is 0.433 e. The molecule has 1 amide bonds. The maximum atomic E-state index is 11.6. The van der Waals surface area contributed by atoms with Crippen molar-refractivity contribution in [3.8, 4) is 0 Å². The quantitative estimate of drug-likeness (QED) is 0.604. The van der Waals surface area contributed by atoms with Crippen molar-refractivity contribution in [2.45, 2.75) is 25.4 Å². The minimum Gasteiger partial charge on any atom is -0.395 e. The highest BCUT2D eigenvalue weighted by Crippen LogP contribution is 2.39. The topological polar surface area (TPSA) is 106 Å². The Hall–Kier alpha value is -1.89. The van der Waals surface area contributed by atoms with E-state index in [1.807, 2.05) is 0 Å². The van der Waals surface area contributed by atoms with Gasteiger partial charge in [0.1, 0.15) is 4.92 Å². The Labute approximate surface area is 103 Å². The fourth-order valence-electron chi connectivity index (χ4n) is 1.74. The van der Waals surface area contributed by atoms with Gasteiger partial charge in [-0.05, 0) is 31.7 Å². The van der Waals surface area contributed by atoms with E-state index in [1.165, 1.54) is 6.07 Å². The maximum absolute atomic E-state index is 11.6. The van der Waals surface area contributed by atoms with Crippen LogP contribution in [0.1, 0.15) is 30.3 Å². The van der Waals surface area contributed by atoms with Crippen LogP contribution < -0.4 is 5.32 Å². The summed E-state index contributed by atoms with van der Waals surface area (Å²) in [5.74, 6) is -0.963. The van der Waals surface area contributed by atoms with Crippen LogP contribution in [0.15, 0.2) is 16.5 Å². The average molecular weight is 254 g/mol. The molecule has 98 valence electrons. The normalized spacial score (nSPS) is 18.1. The third kappa shape index (κ3) is 2.67. The van der Waals surface area contributed by atoms with Gasteiger partial charge in [-0.3, -0.25) is 14.9 Å². The number of nitrogens with zero attached hydrogens (tertiary/aromatic N) is 1. The van der Waals surface area contributed by atoms with Crippen molar-refractivity contribution in [3.05, 3.63) is 28.0 Å². The molecule has 1 aromatic heterocycles. The van der Waals surface area contributed by atoms with E-state index >= 15 is 0 Å². The van der Waals surface area contributed by atoms with Crippen LogP contribution in [0.25, 0.3) is 0 Å². The van der Waals surface area contributed by atoms with Crippen LogP contribution in [0.3, 0.4) is 0 Å². The molecule has 1 aliphatic carbocycles. The van der Waals surface area contributed by atoms with E-state index in [2.05, 4.69) is 5.32 Å². The highest BCUT2D eigenvalue weighted by molar-refractivity contribution is 5.91. The Morgan fingerprint density at radius 3 is 2.83 bits per heavy atom. The van der Waals surface area contributed by atoms with Gasteiger partial charge in [-0.1, -0.05) is 0 Å². The Morgan fingerprint density at radius 1 is 1.67 bits per heavy atom. The van der Waals surface area contributed by atoms with E-state index in [9.17, 15) is 20.0 Å². The summed E-state index contributed by atoms with van der Waals surface area (Å²) in [6.45, 7) is 1.76. The molecule has 1 fully saturated rings. The van der Waals surface area contributed by atoms with Crippen LogP contribution in [0, 0.1) is 16.0 Å². The molecule has 0 spiro atoms. The Kier molecular flexibility index (Phi) is 3.08. The molecular formula is C11H14N2O5. The van der Waals surface area contributed by atoms with E-state index < -0.39 is 22.3 Å². The van der Waals surface area contributed by atoms with Gasteiger partial charge < -0.3 is 14.8 Å². The van der Waals surface area contributed by atoms with Crippen LogP contribution in [-0.4, -0.2) is 28.1 Å². The van der Waals surface area contributed by atoms with Gasteiger partial charge in [0.15, 0.2) is 5.76 Å². The average Bonchev–Trinajstić information content (AvgIpc) is 3.04. The van der Waals surface area contributed by atoms with E-state index in [0.29, 0.717) is 0 Å². The molecule has 1 heterocycles. The van der Waals surface area contributed by atoms with Crippen molar-refractivity contribution < 1.29 is 19.2 Å². The lowest BCUT2D eigenvalue weighted by Gasteiger charge is -2.22. The Morgan fingerprint density at radius 2 is 2.33 bits per heavy atom. The van der Waals surface area contributed by atoms with Crippen molar-refractivity contribution in [1.29, 1.82) is 0 Å². The zero-order valence-corrected chi connectivity index (χ0v) is 9.88. The van der Waals surface area contributed by atoms with Crippen LogP contribution in [0.2, 0.25) is 0 Å². The fraction of sp³-hybridized carbons (Fsp3) is 0.545. The molecular weight excluding hydrogens is 240 g/mol. The lowest BCUT2D eigenvalue weighted by atomic mass is 10.0. The van der Waals surface area contributed by atoms with Crippen LogP contribution in [0.4, 0.5) is 5.88 Å². The monoisotopic (exact) mass is 254 g/mol. The van der Waals surface area contributed by atoms with E-state index in [1.54, 1.807) is 6.92 Å². The number of nitro groups is 1. The molecule has 2 N–H and O–H groups in total. The molecule has 1 atom stereocenters. The van der Waals surface area contributed by atoms with Gasteiger partial charge in [-0.25, -0.2) is 0 Å². The first-order valence-electron chi connectivity index (χ1n) is 5.65.